The Bertz CT molecular complexity index is 832. The molecule has 1 aliphatic rings. The molecule has 2 aromatic rings. The number of morpholine rings is 1. The molecule has 1 fully saturated rings. The third kappa shape index (κ3) is 7.20. The smallest absolute Gasteiger partial charge is 0.191 e. The molecule has 1 saturated heterocycles. The van der Waals surface area contributed by atoms with Crippen LogP contribution in [0.25, 0.3) is 0 Å². The van der Waals surface area contributed by atoms with Gasteiger partial charge in [0.2, 0.25) is 0 Å². The predicted molar refractivity (Wildman–Crippen MR) is 129 cm³/mol. The average Bonchev–Trinajstić information content (AvgIpc) is 3.16. The summed E-state index contributed by atoms with van der Waals surface area (Å²) in [4.78, 5) is 9.50. The number of aliphatic imine (C=N–C) groups is 1. The standard InChI is InChI=1S/C23H38N8O/c1-19(31-13-15-32-16-14-31)17-25-23(26-18-22-28-27-20(2)30(22)4)24-11-8-12-29(3)21-9-6-5-7-10-21/h5-7,9-10,19H,8,11-18H2,1-4H3,(H2,24,25,26). The number of guanidine groups is 1. The number of nitrogens with zero attached hydrogens (tertiary/aromatic N) is 6. The van der Waals surface area contributed by atoms with E-state index in [0.717, 1.165) is 70.0 Å². The van der Waals surface area contributed by atoms with Crippen LogP contribution in [0.1, 0.15) is 25.0 Å². The molecule has 0 amide bonds. The summed E-state index contributed by atoms with van der Waals surface area (Å²) in [6, 6.07) is 10.9. The molecule has 1 unspecified atom stereocenters. The molecule has 1 aliphatic heterocycles. The van der Waals surface area contributed by atoms with Gasteiger partial charge in [-0.1, -0.05) is 18.2 Å². The number of aryl methyl sites for hydroxylation is 1. The molecular weight excluding hydrogens is 404 g/mol. The first-order valence-corrected chi connectivity index (χ1v) is 11.5. The van der Waals surface area contributed by atoms with Gasteiger partial charge in [-0.25, -0.2) is 4.99 Å². The maximum Gasteiger partial charge on any atom is 0.191 e. The number of hydrogen-bond donors (Lipinski definition) is 2. The topological polar surface area (TPSA) is 82.8 Å². The van der Waals surface area contributed by atoms with Gasteiger partial charge in [0.1, 0.15) is 12.4 Å². The Balaban J connectivity index is 1.51. The van der Waals surface area contributed by atoms with Crippen molar-refractivity contribution in [3.8, 4) is 0 Å². The van der Waals surface area contributed by atoms with Crippen molar-refractivity contribution in [1.82, 2.24) is 30.3 Å². The summed E-state index contributed by atoms with van der Waals surface area (Å²) in [5.41, 5.74) is 1.23. The van der Waals surface area contributed by atoms with Crippen molar-refractivity contribution >= 4 is 11.6 Å². The predicted octanol–water partition coefficient (Wildman–Crippen LogP) is 1.41. The lowest BCUT2D eigenvalue weighted by molar-refractivity contribution is 0.0211. The summed E-state index contributed by atoms with van der Waals surface area (Å²) in [7, 11) is 4.10. The number of rotatable bonds is 10. The van der Waals surface area contributed by atoms with Gasteiger partial charge < -0.3 is 24.8 Å². The van der Waals surface area contributed by atoms with E-state index in [9.17, 15) is 0 Å². The zero-order valence-electron chi connectivity index (χ0n) is 19.9. The summed E-state index contributed by atoms with van der Waals surface area (Å²) in [6.45, 7) is 10.9. The van der Waals surface area contributed by atoms with Crippen molar-refractivity contribution in [3.63, 3.8) is 0 Å². The monoisotopic (exact) mass is 442 g/mol. The summed E-state index contributed by atoms with van der Waals surface area (Å²) in [6.07, 6.45) is 1.01. The Kier molecular flexibility index (Phi) is 9.30. The van der Waals surface area contributed by atoms with Gasteiger partial charge in [0.05, 0.1) is 13.2 Å². The highest BCUT2D eigenvalue weighted by atomic mass is 16.5. The Morgan fingerprint density at radius 1 is 1.19 bits per heavy atom. The molecule has 3 rings (SSSR count). The van der Waals surface area contributed by atoms with E-state index < -0.39 is 0 Å². The SMILES string of the molecule is Cc1nnc(CN=C(NCCCN(C)c2ccccc2)NCC(C)N2CCOCC2)n1C. The van der Waals surface area contributed by atoms with Gasteiger partial charge in [0, 0.05) is 58.5 Å². The molecule has 1 aromatic heterocycles. The van der Waals surface area contributed by atoms with Gasteiger partial charge in [-0.2, -0.15) is 0 Å². The molecule has 0 bridgehead atoms. The van der Waals surface area contributed by atoms with Crippen molar-refractivity contribution in [2.75, 3.05) is 57.9 Å². The van der Waals surface area contributed by atoms with Crippen LogP contribution in [0.5, 0.6) is 0 Å². The van der Waals surface area contributed by atoms with E-state index in [-0.39, 0.29) is 0 Å². The number of nitrogens with one attached hydrogen (secondary N) is 2. The van der Waals surface area contributed by atoms with Crippen LogP contribution < -0.4 is 15.5 Å². The van der Waals surface area contributed by atoms with E-state index >= 15 is 0 Å². The molecule has 0 spiro atoms. The van der Waals surface area contributed by atoms with Crippen LogP contribution in [0.15, 0.2) is 35.3 Å². The third-order valence-corrected chi connectivity index (χ3v) is 5.95. The lowest BCUT2D eigenvalue weighted by atomic mass is 10.2. The average molecular weight is 443 g/mol. The second-order valence-electron chi connectivity index (χ2n) is 8.30. The van der Waals surface area contributed by atoms with Crippen molar-refractivity contribution in [3.05, 3.63) is 42.0 Å². The van der Waals surface area contributed by atoms with E-state index in [0.29, 0.717) is 12.6 Å². The van der Waals surface area contributed by atoms with Crippen LogP contribution in [0.2, 0.25) is 0 Å². The number of para-hydroxylation sites is 1. The fourth-order valence-electron chi connectivity index (χ4n) is 3.64. The Labute approximate surface area is 191 Å². The molecule has 9 nitrogen and oxygen atoms in total. The van der Waals surface area contributed by atoms with Gasteiger partial charge >= 0.3 is 0 Å². The molecule has 0 aliphatic carbocycles. The quantitative estimate of drug-likeness (QED) is 0.327. The van der Waals surface area contributed by atoms with Gasteiger partial charge in [-0.15, -0.1) is 10.2 Å². The molecule has 0 saturated carbocycles. The third-order valence-electron chi connectivity index (χ3n) is 5.95. The maximum absolute atomic E-state index is 5.48. The van der Waals surface area contributed by atoms with Crippen molar-refractivity contribution in [2.24, 2.45) is 12.0 Å². The van der Waals surface area contributed by atoms with Crippen LogP contribution in [-0.4, -0.2) is 84.7 Å². The molecule has 176 valence electrons. The highest BCUT2D eigenvalue weighted by Gasteiger charge is 2.17. The van der Waals surface area contributed by atoms with Crippen molar-refractivity contribution in [2.45, 2.75) is 32.9 Å². The first-order valence-electron chi connectivity index (χ1n) is 11.5. The van der Waals surface area contributed by atoms with Gasteiger partial charge in [-0.05, 0) is 32.4 Å². The Morgan fingerprint density at radius 3 is 2.62 bits per heavy atom. The van der Waals surface area contributed by atoms with E-state index in [1.807, 2.05) is 24.6 Å². The molecule has 32 heavy (non-hydrogen) atoms. The lowest BCUT2D eigenvalue weighted by Gasteiger charge is -2.32. The van der Waals surface area contributed by atoms with Gasteiger partial charge in [-0.3, -0.25) is 4.90 Å². The first kappa shape index (κ1) is 24.0. The van der Waals surface area contributed by atoms with Crippen LogP contribution in [0, 0.1) is 6.92 Å². The summed E-state index contributed by atoms with van der Waals surface area (Å²) < 4.78 is 7.45. The van der Waals surface area contributed by atoms with Crippen LogP contribution in [0.4, 0.5) is 5.69 Å². The summed E-state index contributed by atoms with van der Waals surface area (Å²) in [5, 5.41) is 15.4. The second kappa shape index (κ2) is 12.4. The number of benzene rings is 1. The highest BCUT2D eigenvalue weighted by Crippen LogP contribution is 2.10. The Hall–Kier alpha value is -2.65. The molecule has 1 atom stereocenters. The van der Waals surface area contributed by atoms with Crippen molar-refractivity contribution < 1.29 is 4.74 Å². The lowest BCUT2D eigenvalue weighted by Crippen LogP contribution is -2.49. The molecule has 9 heteroatoms. The summed E-state index contributed by atoms with van der Waals surface area (Å²) >= 11 is 0. The molecule has 1 aromatic carbocycles. The minimum absolute atomic E-state index is 0.409. The van der Waals surface area contributed by atoms with Crippen LogP contribution in [0.3, 0.4) is 0 Å². The highest BCUT2D eigenvalue weighted by molar-refractivity contribution is 5.79. The zero-order chi connectivity index (χ0) is 22.8. The Morgan fingerprint density at radius 2 is 1.94 bits per heavy atom. The maximum atomic E-state index is 5.48. The van der Waals surface area contributed by atoms with Gasteiger partial charge in [0.25, 0.3) is 0 Å². The van der Waals surface area contributed by atoms with Gasteiger partial charge in [0.15, 0.2) is 11.8 Å². The van der Waals surface area contributed by atoms with E-state index in [1.165, 1.54) is 5.69 Å². The van der Waals surface area contributed by atoms with E-state index in [1.54, 1.807) is 0 Å². The number of anilines is 1. The van der Waals surface area contributed by atoms with Crippen LogP contribution >= 0.6 is 0 Å². The number of hydrogen-bond acceptors (Lipinski definition) is 6. The fourth-order valence-corrected chi connectivity index (χ4v) is 3.64. The van der Waals surface area contributed by atoms with E-state index in [4.69, 9.17) is 9.73 Å². The number of ether oxygens (including phenoxy) is 1. The van der Waals surface area contributed by atoms with Crippen LogP contribution in [-0.2, 0) is 18.3 Å². The van der Waals surface area contributed by atoms with Crippen molar-refractivity contribution in [1.29, 1.82) is 0 Å². The molecule has 0 radical (unpaired) electrons. The summed E-state index contributed by atoms with van der Waals surface area (Å²) in [5.74, 6) is 2.56. The van der Waals surface area contributed by atoms with E-state index in [2.05, 4.69) is 68.9 Å². The molecular formula is C23H38N8O. The fraction of sp³-hybridized carbons (Fsp3) is 0.609. The largest absolute Gasteiger partial charge is 0.379 e. The minimum Gasteiger partial charge on any atom is -0.379 e. The number of aromatic nitrogens is 3. The normalized spacial score (nSPS) is 16.1. The molecule has 2 N–H and O–H groups in total. The zero-order valence-corrected chi connectivity index (χ0v) is 19.9. The first-order chi connectivity index (χ1) is 15.5. The second-order valence-corrected chi connectivity index (χ2v) is 8.30. The molecule has 2 heterocycles. The minimum atomic E-state index is 0.409.